The Labute approximate surface area is 108 Å². The molecule has 96 valence electrons. The summed E-state index contributed by atoms with van der Waals surface area (Å²) in [6.45, 7) is 2.87. The molecule has 0 aliphatic carbocycles. The van der Waals surface area contributed by atoms with Gasteiger partial charge >= 0.3 is 0 Å². The van der Waals surface area contributed by atoms with Crippen LogP contribution in [0.25, 0.3) is 0 Å². The SMILES string of the molecule is CNC(C)c1ccc(OCCCCO)c(Cl)c1. The zero-order valence-corrected chi connectivity index (χ0v) is 11.1. The summed E-state index contributed by atoms with van der Waals surface area (Å²) in [6, 6.07) is 6.10. The van der Waals surface area contributed by atoms with E-state index in [1.807, 2.05) is 25.2 Å². The third-order valence-corrected chi connectivity index (χ3v) is 2.99. The molecule has 4 heteroatoms. The highest BCUT2D eigenvalue weighted by atomic mass is 35.5. The number of aliphatic hydroxyl groups is 1. The zero-order valence-electron chi connectivity index (χ0n) is 10.4. The maximum Gasteiger partial charge on any atom is 0.137 e. The van der Waals surface area contributed by atoms with E-state index in [9.17, 15) is 0 Å². The first-order chi connectivity index (χ1) is 8.19. The molecule has 0 aromatic heterocycles. The van der Waals surface area contributed by atoms with Crippen molar-refractivity contribution >= 4 is 11.6 Å². The highest BCUT2D eigenvalue weighted by Crippen LogP contribution is 2.27. The normalized spacial score (nSPS) is 12.5. The molecule has 0 bridgehead atoms. The highest BCUT2D eigenvalue weighted by Gasteiger charge is 2.07. The van der Waals surface area contributed by atoms with E-state index in [1.54, 1.807) is 0 Å². The molecule has 1 unspecified atom stereocenters. The molecule has 1 aromatic carbocycles. The first-order valence-corrected chi connectivity index (χ1v) is 6.27. The summed E-state index contributed by atoms with van der Waals surface area (Å²) in [4.78, 5) is 0. The molecule has 1 aromatic rings. The van der Waals surface area contributed by atoms with Gasteiger partial charge < -0.3 is 15.2 Å². The largest absolute Gasteiger partial charge is 0.492 e. The lowest BCUT2D eigenvalue weighted by Crippen LogP contribution is -2.12. The Kier molecular flexibility index (Phi) is 6.34. The van der Waals surface area contributed by atoms with Gasteiger partial charge in [0.05, 0.1) is 11.6 Å². The van der Waals surface area contributed by atoms with E-state index >= 15 is 0 Å². The van der Waals surface area contributed by atoms with Crippen LogP contribution in [0.15, 0.2) is 18.2 Å². The number of hydrogen-bond donors (Lipinski definition) is 2. The van der Waals surface area contributed by atoms with Crippen LogP contribution in [-0.4, -0.2) is 25.4 Å². The van der Waals surface area contributed by atoms with Gasteiger partial charge in [-0.05, 0) is 44.5 Å². The molecule has 1 atom stereocenters. The van der Waals surface area contributed by atoms with Crippen LogP contribution < -0.4 is 10.1 Å². The number of ether oxygens (including phenoxy) is 1. The average molecular weight is 258 g/mol. The van der Waals surface area contributed by atoms with Crippen molar-refractivity contribution < 1.29 is 9.84 Å². The quantitative estimate of drug-likeness (QED) is 0.738. The Morgan fingerprint density at radius 2 is 2.18 bits per heavy atom. The van der Waals surface area contributed by atoms with E-state index < -0.39 is 0 Å². The standard InChI is InChI=1S/C13H20ClNO2/c1-10(15-2)11-5-6-13(12(14)9-11)17-8-4-3-7-16/h5-6,9-10,15-16H,3-4,7-8H2,1-2H3. The third-order valence-electron chi connectivity index (χ3n) is 2.70. The maximum absolute atomic E-state index is 8.65. The molecule has 0 aliphatic rings. The fourth-order valence-electron chi connectivity index (χ4n) is 1.47. The second kappa shape index (κ2) is 7.54. The van der Waals surface area contributed by atoms with Crippen molar-refractivity contribution in [3.63, 3.8) is 0 Å². The number of nitrogens with one attached hydrogen (secondary N) is 1. The number of hydrogen-bond acceptors (Lipinski definition) is 3. The number of rotatable bonds is 7. The van der Waals surface area contributed by atoms with Crippen molar-refractivity contribution in [3.8, 4) is 5.75 Å². The van der Waals surface area contributed by atoms with Crippen molar-refractivity contribution in [1.82, 2.24) is 5.32 Å². The third kappa shape index (κ3) is 4.54. The topological polar surface area (TPSA) is 41.5 Å². The molecular formula is C13H20ClNO2. The molecule has 3 nitrogen and oxygen atoms in total. The van der Waals surface area contributed by atoms with Gasteiger partial charge in [0.1, 0.15) is 5.75 Å². The Morgan fingerprint density at radius 3 is 2.76 bits per heavy atom. The summed E-state index contributed by atoms with van der Waals surface area (Å²) < 4.78 is 5.54. The van der Waals surface area contributed by atoms with Crippen LogP contribution in [0.5, 0.6) is 5.75 Å². The second-order valence-corrected chi connectivity index (χ2v) is 4.39. The predicted molar refractivity (Wildman–Crippen MR) is 70.7 cm³/mol. The van der Waals surface area contributed by atoms with Gasteiger partial charge in [-0.2, -0.15) is 0 Å². The number of aliphatic hydroxyl groups excluding tert-OH is 1. The lowest BCUT2D eigenvalue weighted by molar-refractivity contribution is 0.253. The fraction of sp³-hybridized carbons (Fsp3) is 0.538. The molecule has 1 rings (SSSR count). The fourth-order valence-corrected chi connectivity index (χ4v) is 1.71. The number of benzene rings is 1. The van der Waals surface area contributed by atoms with Gasteiger partial charge in [-0.25, -0.2) is 0 Å². The van der Waals surface area contributed by atoms with Crippen LogP contribution in [0, 0.1) is 0 Å². The molecular weight excluding hydrogens is 238 g/mol. The molecule has 2 N–H and O–H groups in total. The van der Waals surface area contributed by atoms with Gasteiger partial charge in [-0.3, -0.25) is 0 Å². The average Bonchev–Trinajstić information content (AvgIpc) is 2.35. The van der Waals surface area contributed by atoms with Crippen LogP contribution in [0.2, 0.25) is 5.02 Å². The second-order valence-electron chi connectivity index (χ2n) is 3.98. The van der Waals surface area contributed by atoms with Gasteiger partial charge in [0.25, 0.3) is 0 Å². The van der Waals surface area contributed by atoms with Crippen molar-refractivity contribution in [2.45, 2.75) is 25.8 Å². The molecule has 0 saturated heterocycles. The summed E-state index contributed by atoms with van der Waals surface area (Å²) in [5, 5.41) is 12.4. The first kappa shape index (κ1) is 14.3. The minimum absolute atomic E-state index is 0.204. The summed E-state index contributed by atoms with van der Waals surface area (Å²) in [5.41, 5.74) is 1.14. The highest BCUT2D eigenvalue weighted by molar-refractivity contribution is 6.32. The molecule has 0 radical (unpaired) electrons. The lowest BCUT2D eigenvalue weighted by atomic mass is 10.1. The molecule has 0 aliphatic heterocycles. The van der Waals surface area contributed by atoms with E-state index in [-0.39, 0.29) is 12.6 Å². The van der Waals surface area contributed by atoms with E-state index in [0.29, 0.717) is 17.4 Å². The monoisotopic (exact) mass is 257 g/mol. The van der Waals surface area contributed by atoms with Crippen molar-refractivity contribution in [2.24, 2.45) is 0 Å². The Hall–Kier alpha value is -0.770. The van der Waals surface area contributed by atoms with Crippen molar-refractivity contribution in [2.75, 3.05) is 20.3 Å². The van der Waals surface area contributed by atoms with E-state index in [2.05, 4.69) is 12.2 Å². The van der Waals surface area contributed by atoms with Crippen LogP contribution in [0.3, 0.4) is 0 Å². The zero-order chi connectivity index (χ0) is 12.7. The number of halogens is 1. The lowest BCUT2D eigenvalue weighted by Gasteiger charge is -2.13. The van der Waals surface area contributed by atoms with Crippen LogP contribution in [-0.2, 0) is 0 Å². The minimum Gasteiger partial charge on any atom is -0.492 e. The van der Waals surface area contributed by atoms with E-state index in [1.165, 1.54) is 0 Å². The van der Waals surface area contributed by atoms with E-state index in [4.69, 9.17) is 21.4 Å². The molecule has 0 spiro atoms. The smallest absolute Gasteiger partial charge is 0.137 e. The molecule has 0 amide bonds. The molecule has 0 heterocycles. The van der Waals surface area contributed by atoms with Gasteiger partial charge in [0.15, 0.2) is 0 Å². The van der Waals surface area contributed by atoms with Gasteiger partial charge in [-0.1, -0.05) is 17.7 Å². The molecule has 17 heavy (non-hydrogen) atoms. The Bertz CT molecular complexity index is 344. The van der Waals surface area contributed by atoms with Gasteiger partial charge in [0.2, 0.25) is 0 Å². The van der Waals surface area contributed by atoms with Crippen molar-refractivity contribution in [1.29, 1.82) is 0 Å². The predicted octanol–water partition coefficient (Wildman–Crippen LogP) is 2.77. The molecule has 0 fully saturated rings. The van der Waals surface area contributed by atoms with Crippen molar-refractivity contribution in [3.05, 3.63) is 28.8 Å². The van der Waals surface area contributed by atoms with Crippen LogP contribution in [0.4, 0.5) is 0 Å². The molecule has 0 saturated carbocycles. The minimum atomic E-state index is 0.204. The van der Waals surface area contributed by atoms with Crippen LogP contribution >= 0.6 is 11.6 Å². The Balaban J connectivity index is 2.57. The summed E-state index contributed by atoms with van der Waals surface area (Å²) in [7, 11) is 1.91. The van der Waals surface area contributed by atoms with Crippen LogP contribution in [0.1, 0.15) is 31.4 Å². The van der Waals surface area contributed by atoms with E-state index in [0.717, 1.165) is 18.4 Å². The first-order valence-electron chi connectivity index (χ1n) is 5.89. The summed E-state index contributed by atoms with van der Waals surface area (Å²) in [5.74, 6) is 0.705. The van der Waals surface area contributed by atoms with Gasteiger partial charge in [0, 0.05) is 12.6 Å². The summed E-state index contributed by atoms with van der Waals surface area (Å²) >= 11 is 6.14. The number of unbranched alkanes of at least 4 members (excludes halogenated alkanes) is 1. The Morgan fingerprint density at radius 1 is 1.41 bits per heavy atom. The maximum atomic E-state index is 8.65. The van der Waals surface area contributed by atoms with Gasteiger partial charge in [-0.15, -0.1) is 0 Å². The summed E-state index contributed by atoms with van der Waals surface area (Å²) in [6.07, 6.45) is 1.59.